The highest BCUT2D eigenvalue weighted by molar-refractivity contribution is 5.57. The number of piperazine rings is 1. The Hall–Kier alpha value is -2.85. The first-order valence-corrected chi connectivity index (χ1v) is 9.36. The fourth-order valence-corrected chi connectivity index (χ4v) is 3.88. The molecule has 3 aromatic carbocycles. The molecule has 3 nitrogen and oxygen atoms in total. The third-order valence-electron chi connectivity index (χ3n) is 5.22. The largest absolute Gasteiger partial charge is 0.399 e. The van der Waals surface area contributed by atoms with Crippen LogP contribution in [0.4, 0.5) is 15.8 Å². The van der Waals surface area contributed by atoms with Crippen LogP contribution in [0.3, 0.4) is 0 Å². The second-order valence-electron chi connectivity index (χ2n) is 6.96. The molecule has 1 aliphatic heterocycles. The van der Waals surface area contributed by atoms with E-state index in [1.165, 1.54) is 17.2 Å². The summed E-state index contributed by atoms with van der Waals surface area (Å²) in [7, 11) is 0. The van der Waals surface area contributed by atoms with Crippen molar-refractivity contribution in [2.75, 3.05) is 36.8 Å². The van der Waals surface area contributed by atoms with Crippen molar-refractivity contribution in [2.45, 2.75) is 6.04 Å². The summed E-state index contributed by atoms with van der Waals surface area (Å²) in [5.41, 5.74) is 9.63. The molecule has 1 aliphatic rings. The number of nitrogen functional groups attached to an aromatic ring is 1. The average Bonchev–Trinajstić information content (AvgIpc) is 2.72. The van der Waals surface area contributed by atoms with Crippen LogP contribution in [-0.4, -0.2) is 31.1 Å². The average molecular weight is 361 g/mol. The van der Waals surface area contributed by atoms with Crippen molar-refractivity contribution >= 4 is 11.4 Å². The summed E-state index contributed by atoms with van der Waals surface area (Å²) in [5, 5.41) is 0. The monoisotopic (exact) mass is 361 g/mol. The predicted molar refractivity (Wildman–Crippen MR) is 109 cm³/mol. The molecule has 1 saturated heterocycles. The van der Waals surface area contributed by atoms with Crippen molar-refractivity contribution in [3.63, 3.8) is 0 Å². The summed E-state index contributed by atoms with van der Waals surface area (Å²) in [4.78, 5) is 4.57. The molecule has 0 amide bonds. The molecule has 27 heavy (non-hydrogen) atoms. The van der Waals surface area contributed by atoms with Crippen LogP contribution in [0.2, 0.25) is 0 Å². The van der Waals surface area contributed by atoms with Gasteiger partial charge in [0.05, 0.1) is 11.7 Å². The Labute approximate surface area is 159 Å². The van der Waals surface area contributed by atoms with Gasteiger partial charge in [-0.2, -0.15) is 0 Å². The van der Waals surface area contributed by atoms with Crippen LogP contribution in [0, 0.1) is 5.82 Å². The summed E-state index contributed by atoms with van der Waals surface area (Å²) in [6.07, 6.45) is 0. The number of anilines is 2. The summed E-state index contributed by atoms with van der Waals surface area (Å²) in [6, 6.07) is 26.2. The van der Waals surface area contributed by atoms with Crippen LogP contribution in [0.5, 0.6) is 0 Å². The summed E-state index contributed by atoms with van der Waals surface area (Å²) < 4.78 is 14.2. The van der Waals surface area contributed by atoms with Crippen molar-refractivity contribution in [1.82, 2.24) is 4.90 Å². The molecule has 138 valence electrons. The number of rotatable bonds is 4. The molecule has 0 unspecified atom stereocenters. The van der Waals surface area contributed by atoms with Crippen molar-refractivity contribution < 1.29 is 4.39 Å². The molecule has 0 saturated carbocycles. The number of hydrogen-bond donors (Lipinski definition) is 1. The molecule has 4 rings (SSSR count). The topological polar surface area (TPSA) is 32.5 Å². The van der Waals surface area contributed by atoms with Gasteiger partial charge < -0.3 is 10.6 Å². The van der Waals surface area contributed by atoms with Crippen molar-refractivity contribution in [2.24, 2.45) is 0 Å². The third-order valence-corrected chi connectivity index (χ3v) is 5.22. The van der Waals surface area contributed by atoms with Crippen LogP contribution in [0.15, 0.2) is 78.9 Å². The third kappa shape index (κ3) is 3.81. The zero-order chi connectivity index (χ0) is 18.6. The number of benzene rings is 3. The summed E-state index contributed by atoms with van der Waals surface area (Å²) in [6.45, 7) is 3.28. The van der Waals surface area contributed by atoms with Gasteiger partial charge in [0.25, 0.3) is 0 Å². The Morgan fingerprint density at radius 3 is 1.85 bits per heavy atom. The molecule has 2 N–H and O–H groups in total. The number of nitrogens with two attached hydrogens (primary N) is 1. The normalized spacial score (nSPS) is 15.3. The number of hydrogen-bond acceptors (Lipinski definition) is 3. The fraction of sp³-hybridized carbons (Fsp3) is 0.217. The number of halogens is 1. The first-order chi connectivity index (χ1) is 13.2. The molecule has 4 heteroatoms. The van der Waals surface area contributed by atoms with E-state index >= 15 is 0 Å². The Bertz CT molecular complexity index is 835. The standard InChI is InChI=1S/C23H24FN3/c24-21-12-11-20(25)17-22(21)26-13-15-27(16-14-26)23(18-7-3-1-4-8-18)19-9-5-2-6-10-19/h1-12,17,23H,13-16,25H2. The minimum Gasteiger partial charge on any atom is -0.399 e. The van der Waals surface area contributed by atoms with Gasteiger partial charge in [0.15, 0.2) is 0 Å². The van der Waals surface area contributed by atoms with Crippen LogP contribution >= 0.6 is 0 Å². The van der Waals surface area contributed by atoms with E-state index in [0.717, 1.165) is 26.2 Å². The van der Waals surface area contributed by atoms with Gasteiger partial charge in [-0.05, 0) is 29.3 Å². The molecular formula is C23H24FN3. The molecule has 1 fully saturated rings. The lowest BCUT2D eigenvalue weighted by Gasteiger charge is -2.40. The SMILES string of the molecule is Nc1ccc(F)c(N2CCN(C(c3ccccc3)c3ccccc3)CC2)c1. The zero-order valence-corrected chi connectivity index (χ0v) is 15.3. The Kier molecular flexibility index (Phi) is 5.07. The van der Waals surface area contributed by atoms with Crippen molar-refractivity contribution in [3.05, 3.63) is 95.8 Å². The fourth-order valence-electron chi connectivity index (χ4n) is 3.88. The highest BCUT2D eigenvalue weighted by atomic mass is 19.1. The van der Waals surface area contributed by atoms with Gasteiger partial charge in [-0.25, -0.2) is 4.39 Å². The van der Waals surface area contributed by atoms with E-state index in [0.29, 0.717) is 11.4 Å². The van der Waals surface area contributed by atoms with E-state index < -0.39 is 0 Å². The smallest absolute Gasteiger partial charge is 0.146 e. The van der Waals surface area contributed by atoms with Crippen molar-refractivity contribution in [1.29, 1.82) is 0 Å². The molecular weight excluding hydrogens is 337 g/mol. The minimum atomic E-state index is -0.208. The highest BCUT2D eigenvalue weighted by Crippen LogP contribution is 2.31. The molecule has 1 heterocycles. The van der Waals surface area contributed by atoms with Gasteiger partial charge in [-0.3, -0.25) is 4.90 Å². The summed E-state index contributed by atoms with van der Waals surface area (Å²) in [5.74, 6) is -0.208. The van der Waals surface area contributed by atoms with Gasteiger partial charge in [-0.15, -0.1) is 0 Å². The second-order valence-corrected chi connectivity index (χ2v) is 6.96. The molecule has 3 aromatic rings. The van der Waals surface area contributed by atoms with Gasteiger partial charge in [0.2, 0.25) is 0 Å². The minimum absolute atomic E-state index is 0.208. The van der Waals surface area contributed by atoms with Gasteiger partial charge >= 0.3 is 0 Å². The highest BCUT2D eigenvalue weighted by Gasteiger charge is 2.27. The zero-order valence-electron chi connectivity index (χ0n) is 15.3. The Morgan fingerprint density at radius 2 is 1.30 bits per heavy atom. The first-order valence-electron chi connectivity index (χ1n) is 9.36. The molecule has 0 bridgehead atoms. The predicted octanol–water partition coefficient (Wildman–Crippen LogP) is 4.32. The Balaban J connectivity index is 1.56. The maximum atomic E-state index is 14.2. The Morgan fingerprint density at radius 1 is 0.741 bits per heavy atom. The van der Waals surface area contributed by atoms with Crippen LogP contribution in [-0.2, 0) is 0 Å². The lowest BCUT2D eigenvalue weighted by atomic mass is 9.96. The van der Waals surface area contributed by atoms with E-state index in [-0.39, 0.29) is 11.9 Å². The van der Waals surface area contributed by atoms with E-state index in [2.05, 4.69) is 58.3 Å². The number of nitrogens with zero attached hydrogens (tertiary/aromatic N) is 2. The molecule has 0 aromatic heterocycles. The quantitative estimate of drug-likeness (QED) is 0.703. The van der Waals surface area contributed by atoms with Gasteiger partial charge in [-0.1, -0.05) is 60.7 Å². The van der Waals surface area contributed by atoms with Gasteiger partial charge in [0.1, 0.15) is 5.82 Å². The van der Waals surface area contributed by atoms with Crippen LogP contribution in [0.1, 0.15) is 17.2 Å². The summed E-state index contributed by atoms with van der Waals surface area (Å²) >= 11 is 0. The molecule has 0 spiro atoms. The van der Waals surface area contributed by atoms with E-state index in [1.54, 1.807) is 12.1 Å². The van der Waals surface area contributed by atoms with E-state index in [1.807, 2.05) is 12.1 Å². The lowest BCUT2D eigenvalue weighted by molar-refractivity contribution is 0.212. The maximum Gasteiger partial charge on any atom is 0.146 e. The van der Waals surface area contributed by atoms with E-state index in [9.17, 15) is 4.39 Å². The maximum absolute atomic E-state index is 14.2. The molecule has 0 radical (unpaired) electrons. The lowest BCUT2D eigenvalue weighted by Crippen LogP contribution is -2.48. The van der Waals surface area contributed by atoms with E-state index in [4.69, 9.17) is 5.73 Å². The van der Waals surface area contributed by atoms with Crippen LogP contribution < -0.4 is 10.6 Å². The first kappa shape index (κ1) is 17.6. The second kappa shape index (κ2) is 7.80. The van der Waals surface area contributed by atoms with Crippen LogP contribution in [0.25, 0.3) is 0 Å². The van der Waals surface area contributed by atoms with Crippen molar-refractivity contribution in [3.8, 4) is 0 Å². The van der Waals surface area contributed by atoms with Gasteiger partial charge in [0, 0.05) is 31.9 Å². The molecule has 0 aliphatic carbocycles. The molecule has 0 atom stereocenters.